The molecule has 0 N–H and O–H groups in total. The molecule has 64 valence electrons. The van der Waals surface area contributed by atoms with E-state index in [9.17, 15) is 4.79 Å². The van der Waals surface area contributed by atoms with Crippen molar-refractivity contribution in [2.24, 2.45) is 0 Å². The van der Waals surface area contributed by atoms with Crippen LogP contribution in [0.1, 0.15) is 12.0 Å². The van der Waals surface area contributed by atoms with E-state index in [0.717, 1.165) is 22.7 Å². The van der Waals surface area contributed by atoms with Crippen LogP contribution in [0.5, 0.6) is 0 Å². The van der Waals surface area contributed by atoms with E-state index in [4.69, 9.17) is 11.6 Å². The molecule has 0 amide bonds. The van der Waals surface area contributed by atoms with E-state index in [2.05, 4.69) is 15.9 Å². The van der Waals surface area contributed by atoms with Crippen LogP contribution in [0.4, 0.5) is 0 Å². The van der Waals surface area contributed by atoms with Crippen LogP contribution in [-0.2, 0) is 11.2 Å². The lowest BCUT2D eigenvalue weighted by Gasteiger charge is -1.99. The van der Waals surface area contributed by atoms with Crippen molar-refractivity contribution in [3.8, 4) is 0 Å². The summed E-state index contributed by atoms with van der Waals surface area (Å²) >= 11 is 9.15. The van der Waals surface area contributed by atoms with E-state index < -0.39 is 0 Å². The molecule has 1 aromatic carbocycles. The van der Waals surface area contributed by atoms with Gasteiger partial charge in [-0.2, -0.15) is 0 Å². The minimum atomic E-state index is 0.554. The summed E-state index contributed by atoms with van der Waals surface area (Å²) in [4.78, 5) is 10.1. The van der Waals surface area contributed by atoms with Crippen molar-refractivity contribution in [1.82, 2.24) is 0 Å². The number of carbonyl (C=O) groups excluding carboxylic acids is 1. The first-order valence-corrected chi connectivity index (χ1v) is 4.78. The quantitative estimate of drug-likeness (QED) is 0.750. The van der Waals surface area contributed by atoms with Crippen molar-refractivity contribution in [1.29, 1.82) is 0 Å². The highest BCUT2D eigenvalue weighted by atomic mass is 79.9. The van der Waals surface area contributed by atoms with E-state index >= 15 is 0 Å². The second-order valence-corrected chi connectivity index (χ2v) is 3.72. The zero-order valence-electron chi connectivity index (χ0n) is 6.39. The van der Waals surface area contributed by atoms with Gasteiger partial charge in [0, 0.05) is 10.9 Å². The molecule has 0 fully saturated rings. The molecule has 0 heterocycles. The van der Waals surface area contributed by atoms with Crippen molar-refractivity contribution in [3.05, 3.63) is 33.3 Å². The number of hydrogen-bond donors (Lipinski definition) is 0. The number of aldehydes is 1. The van der Waals surface area contributed by atoms with Gasteiger partial charge in [0.1, 0.15) is 6.29 Å². The highest BCUT2D eigenvalue weighted by Gasteiger charge is 1.98. The Morgan fingerprint density at radius 1 is 1.50 bits per heavy atom. The van der Waals surface area contributed by atoms with Gasteiger partial charge in [-0.05, 0) is 40.0 Å². The van der Waals surface area contributed by atoms with Gasteiger partial charge >= 0.3 is 0 Å². The fourth-order valence-corrected chi connectivity index (χ4v) is 1.37. The Kier molecular flexibility index (Phi) is 3.76. The Bertz CT molecular complexity index is 286. The standard InChI is InChI=1S/C9H8BrClO/c10-8-4-3-7(2-1-5-12)6-9(8)11/h3-6H,1-2H2. The molecule has 12 heavy (non-hydrogen) atoms. The fourth-order valence-electron chi connectivity index (χ4n) is 0.921. The zero-order chi connectivity index (χ0) is 8.97. The maximum Gasteiger partial charge on any atom is 0.120 e. The van der Waals surface area contributed by atoms with Crippen molar-refractivity contribution >= 4 is 33.8 Å². The third-order valence-corrected chi connectivity index (χ3v) is 2.77. The van der Waals surface area contributed by atoms with Crippen LogP contribution in [0.3, 0.4) is 0 Å². The van der Waals surface area contributed by atoms with E-state index in [1.54, 1.807) is 0 Å². The second-order valence-electron chi connectivity index (χ2n) is 2.45. The van der Waals surface area contributed by atoms with Gasteiger partial charge in [-0.3, -0.25) is 0 Å². The first kappa shape index (κ1) is 9.75. The van der Waals surface area contributed by atoms with Crippen molar-refractivity contribution in [2.45, 2.75) is 12.8 Å². The minimum Gasteiger partial charge on any atom is -0.303 e. The molecule has 0 spiro atoms. The van der Waals surface area contributed by atoms with Gasteiger partial charge in [-0.15, -0.1) is 0 Å². The van der Waals surface area contributed by atoms with Crippen molar-refractivity contribution in [2.75, 3.05) is 0 Å². The third kappa shape index (κ3) is 2.61. The summed E-state index contributed by atoms with van der Waals surface area (Å²) in [6.45, 7) is 0. The molecule has 0 bridgehead atoms. The average molecular weight is 248 g/mol. The number of aryl methyl sites for hydroxylation is 1. The average Bonchev–Trinajstić information content (AvgIpc) is 2.07. The van der Waals surface area contributed by atoms with Gasteiger partial charge in [0.25, 0.3) is 0 Å². The maximum absolute atomic E-state index is 10.1. The zero-order valence-corrected chi connectivity index (χ0v) is 8.73. The lowest BCUT2D eigenvalue weighted by molar-refractivity contribution is -0.107. The van der Waals surface area contributed by atoms with E-state index in [-0.39, 0.29) is 0 Å². The predicted octanol–water partition coefficient (Wildman–Crippen LogP) is 3.23. The largest absolute Gasteiger partial charge is 0.303 e. The lowest BCUT2D eigenvalue weighted by Crippen LogP contribution is -1.85. The number of halogens is 2. The minimum absolute atomic E-state index is 0.554. The molecule has 1 aromatic rings. The number of carbonyl (C=O) groups is 1. The molecule has 1 nitrogen and oxygen atoms in total. The summed E-state index contributed by atoms with van der Waals surface area (Å²) in [5.41, 5.74) is 1.09. The third-order valence-electron chi connectivity index (χ3n) is 1.53. The van der Waals surface area contributed by atoms with Crippen LogP contribution >= 0.6 is 27.5 Å². The molecule has 0 aromatic heterocycles. The Balaban J connectivity index is 2.75. The number of rotatable bonds is 3. The molecule has 0 unspecified atom stereocenters. The number of hydrogen-bond acceptors (Lipinski definition) is 1. The molecule has 1 rings (SSSR count). The van der Waals surface area contributed by atoms with Gasteiger partial charge < -0.3 is 4.79 Å². The fraction of sp³-hybridized carbons (Fsp3) is 0.222. The topological polar surface area (TPSA) is 17.1 Å². The highest BCUT2D eigenvalue weighted by molar-refractivity contribution is 9.10. The summed E-state index contributed by atoms with van der Waals surface area (Å²) < 4.78 is 0.888. The molecule has 0 aliphatic carbocycles. The Morgan fingerprint density at radius 2 is 2.25 bits per heavy atom. The van der Waals surface area contributed by atoms with Crippen molar-refractivity contribution < 1.29 is 4.79 Å². The van der Waals surface area contributed by atoms with Crippen molar-refractivity contribution in [3.63, 3.8) is 0 Å². The Morgan fingerprint density at radius 3 is 2.83 bits per heavy atom. The second kappa shape index (κ2) is 4.63. The van der Waals surface area contributed by atoms with E-state index in [1.165, 1.54) is 0 Å². The van der Waals surface area contributed by atoms with Crippen LogP contribution in [-0.4, -0.2) is 6.29 Å². The summed E-state index contributed by atoms with van der Waals surface area (Å²) in [6.07, 6.45) is 2.23. The summed E-state index contributed by atoms with van der Waals surface area (Å²) in [5, 5.41) is 0.693. The SMILES string of the molecule is O=CCCc1ccc(Br)c(Cl)c1. The van der Waals surface area contributed by atoms with Crippen LogP contribution < -0.4 is 0 Å². The number of benzene rings is 1. The summed E-state index contributed by atoms with van der Waals surface area (Å²) in [5.74, 6) is 0. The molecule has 0 aliphatic rings. The molecule has 3 heteroatoms. The monoisotopic (exact) mass is 246 g/mol. The van der Waals surface area contributed by atoms with Gasteiger partial charge in [-0.1, -0.05) is 17.7 Å². The normalized spacial score (nSPS) is 9.83. The Hall–Kier alpha value is -0.340. The van der Waals surface area contributed by atoms with Crippen LogP contribution in [0.2, 0.25) is 5.02 Å². The maximum atomic E-state index is 10.1. The molecule has 0 saturated carbocycles. The molecule has 0 radical (unpaired) electrons. The molecule has 0 saturated heterocycles. The molecule has 0 aliphatic heterocycles. The van der Waals surface area contributed by atoms with E-state index in [0.29, 0.717) is 11.4 Å². The van der Waals surface area contributed by atoms with Gasteiger partial charge in [0.2, 0.25) is 0 Å². The Labute approximate surface area is 84.9 Å². The molecular formula is C9H8BrClO. The first-order valence-electron chi connectivity index (χ1n) is 3.61. The van der Waals surface area contributed by atoms with Crippen LogP contribution in [0, 0.1) is 0 Å². The predicted molar refractivity (Wildman–Crippen MR) is 53.5 cm³/mol. The molecule has 0 atom stereocenters. The van der Waals surface area contributed by atoms with Crippen LogP contribution in [0.15, 0.2) is 22.7 Å². The van der Waals surface area contributed by atoms with E-state index in [1.807, 2.05) is 18.2 Å². The van der Waals surface area contributed by atoms with Gasteiger partial charge in [0.15, 0.2) is 0 Å². The highest BCUT2D eigenvalue weighted by Crippen LogP contribution is 2.23. The van der Waals surface area contributed by atoms with Crippen LogP contribution in [0.25, 0.3) is 0 Å². The van der Waals surface area contributed by atoms with Gasteiger partial charge in [-0.25, -0.2) is 0 Å². The van der Waals surface area contributed by atoms with Gasteiger partial charge in [0.05, 0.1) is 5.02 Å². The lowest BCUT2D eigenvalue weighted by atomic mass is 10.1. The summed E-state index contributed by atoms with van der Waals surface area (Å²) in [7, 11) is 0. The first-order chi connectivity index (χ1) is 5.74. The smallest absolute Gasteiger partial charge is 0.120 e. The molecular weight excluding hydrogens is 239 g/mol. The summed E-state index contributed by atoms with van der Waals surface area (Å²) in [6, 6.07) is 5.72.